The van der Waals surface area contributed by atoms with Crippen LogP contribution < -0.4 is 0 Å². The van der Waals surface area contributed by atoms with Gasteiger partial charge in [0.25, 0.3) is 0 Å². The van der Waals surface area contributed by atoms with Gasteiger partial charge in [-0.15, -0.1) is 11.3 Å². The molecule has 0 saturated carbocycles. The molecule has 0 bridgehead atoms. The Morgan fingerprint density at radius 1 is 1.50 bits per heavy atom. The molecule has 2 nitrogen and oxygen atoms in total. The zero-order valence-corrected chi connectivity index (χ0v) is 11.2. The highest BCUT2D eigenvalue weighted by atomic mass is 32.1. The number of nitrogens with zero attached hydrogens (tertiary/aromatic N) is 1. The normalized spacial score (nSPS) is 23.1. The minimum Gasteiger partial charge on any atom is -0.387 e. The fourth-order valence-corrected chi connectivity index (χ4v) is 3.49. The van der Waals surface area contributed by atoms with Gasteiger partial charge in [0.1, 0.15) is 0 Å². The van der Waals surface area contributed by atoms with Gasteiger partial charge in [-0.25, -0.2) is 4.98 Å². The second-order valence-electron chi connectivity index (χ2n) is 5.58. The molecule has 1 atom stereocenters. The number of aliphatic hydroxyl groups excluding tert-OH is 1. The third-order valence-corrected chi connectivity index (χ3v) is 4.47. The van der Waals surface area contributed by atoms with Gasteiger partial charge in [-0.2, -0.15) is 0 Å². The van der Waals surface area contributed by atoms with E-state index in [1.54, 1.807) is 11.3 Å². The van der Waals surface area contributed by atoms with Crippen molar-refractivity contribution in [3.05, 3.63) is 15.6 Å². The second kappa shape index (κ2) is 4.46. The fourth-order valence-electron chi connectivity index (χ4n) is 2.38. The lowest BCUT2D eigenvalue weighted by Gasteiger charge is -2.31. The zero-order chi connectivity index (χ0) is 11.8. The molecule has 1 aliphatic carbocycles. The molecule has 0 aliphatic heterocycles. The van der Waals surface area contributed by atoms with E-state index in [0.717, 1.165) is 29.8 Å². The van der Waals surface area contributed by atoms with Gasteiger partial charge in [0.2, 0.25) is 0 Å². The van der Waals surface area contributed by atoms with Crippen LogP contribution in [0, 0.1) is 5.41 Å². The average Bonchev–Trinajstić information content (AvgIpc) is 2.56. The molecule has 16 heavy (non-hydrogen) atoms. The molecular formula is C13H21NOS. The van der Waals surface area contributed by atoms with Gasteiger partial charge in [0, 0.05) is 0 Å². The summed E-state index contributed by atoms with van der Waals surface area (Å²) in [6.45, 7) is 6.62. The van der Waals surface area contributed by atoms with Crippen molar-refractivity contribution in [2.45, 2.75) is 59.0 Å². The van der Waals surface area contributed by atoms with E-state index in [1.807, 2.05) is 0 Å². The SMILES string of the molecule is CCCCc1nc2c(s1)C(O)CC(C)(C)C2. The van der Waals surface area contributed by atoms with Crippen LogP contribution in [0.25, 0.3) is 0 Å². The molecule has 3 heteroatoms. The quantitative estimate of drug-likeness (QED) is 0.876. The third kappa shape index (κ3) is 2.46. The highest BCUT2D eigenvalue weighted by Crippen LogP contribution is 2.42. The van der Waals surface area contributed by atoms with Crippen LogP contribution in [0.5, 0.6) is 0 Å². The molecule has 1 heterocycles. The number of hydrogen-bond acceptors (Lipinski definition) is 3. The molecule has 1 aliphatic rings. The molecule has 1 aromatic rings. The Hall–Kier alpha value is -0.410. The Bertz CT molecular complexity index is 370. The topological polar surface area (TPSA) is 33.1 Å². The maximum absolute atomic E-state index is 10.1. The number of rotatable bonds is 3. The number of thiazole rings is 1. The lowest BCUT2D eigenvalue weighted by Crippen LogP contribution is -2.24. The summed E-state index contributed by atoms with van der Waals surface area (Å²) in [7, 11) is 0. The zero-order valence-electron chi connectivity index (χ0n) is 10.4. The molecule has 0 aromatic carbocycles. The molecule has 0 saturated heterocycles. The van der Waals surface area contributed by atoms with Crippen LogP contribution in [0.4, 0.5) is 0 Å². The molecular weight excluding hydrogens is 218 g/mol. The van der Waals surface area contributed by atoms with Crippen molar-refractivity contribution in [1.29, 1.82) is 0 Å². The number of unbranched alkanes of at least 4 members (excludes halogenated alkanes) is 1. The number of aryl methyl sites for hydroxylation is 1. The summed E-state index contributed by atoms with van der Waals surface area (Å²) < 4.78 is 0. The van der Waals surface area contributed by atoms with E-state index >= 15 is 0 Å². The molecule has 1 aromatic heterocycles. The average molecular weight is 239 g/mol. The summed E-state index contributed by atoms with van der Waals surface area (Å²) in [6, 6.07) is 0. The summed E-state index contributed by atoms with van der Waals surface area (Å²) in [5, 5.41) is 11.3. The van der Waals surface area contributed by atoms with Gasteiger partial charge in [-0.1, -0.05) is 27.2 Å². The lowest BCUT2D eigenvalue weighted by atomic mass is 9.77. The van der Waals surface area contributed by atoms with Crippen LogP contribution in [-0.4, -0.2) is 10.1 Å². The first kappa shape index (κ1) is 12.1. The molecule has 90 valence electrons. The van der Waals surface area contributed by atoms with E-state index in [-0.39, 0.29) is 11.5 Å². The monoisotopic (exact) mass is 239 g/mol. The Morgan fingerprint density at radius 3 is 2.94 bits per heavy atom. The smallest absolute Gasteiger partial charge is 0.0932 e. The van der Waals surface area contributed by atoms with Crippen LogP contribution in [0.15, 0.2) is 0 Å². The Kier molecular flexibility index (Phi) is 3.36. The predicted molar refractivity (Wildman–Crippen MR) is 67.8 cm³/mol. The van der Waals surface area contributed by atoms with Crippen LogP contribution >= 0.6 is 11.3 Å². The first-order valence-electron chi connectivity index (χ1n) is 6.18. The summed E-state index contributed by atoms with van der Waals surface area (Å²) in [5.41, 5.74) is 1.35. The maximum atomic E-state index is 10.1. The van der Waals surface area contributed by atoms with Gasteiger partial charge < -0.3 is 5.11 Å². The van der Waals surface area contributed by atoms with Crippen LogP contribution in [0.1, 0.15) is 61.7 Å². The molecule has 0 fully saturated rings. The summed E-state index contributed by atoms with van der Waals surface area (Å²) in [5.74, 6) is 0. The Labute approximate surface area is 102 Å². The van der Waals surface area contributed by atoms with Crippen LogP contribution in [0.2, 0.25) is 0 Å². The van der Waals surface area contributed by atoms with Crippen molar-refractivity contribution in [1.82, 2.24) is 4.98 Å². The summed E-state index contributed by atoms with van der Waals surface area (Å²) in [6.07, 6.45) is 5.08. The first-order valence-corrected chi connectivity index (χ1v) is 7.00. The first-order chi connectivity index (χ1) is 7.52. The lowest BCUT2D eigenvalue weighted by molar-refractivity contribution is 0.102. The van der Waals surface area contributed by atoms with Crippen molar-refractivity contribution in [2.24, 2.45) is 5.41 Å². The van der Waals surface area contributed by atoms with Crippen molar-refractivity contribution < 1.29 is 5.11 Å². The minimum absolute atomic E-state index is 0.197. The molecule has 1 unspecified atom stereocenters. The summed E-state index contributed by atoms with van der Waals surface area (Å²) >= 11 is 1.72. The molecule has 0 radical (unpaired) electrons. The van der Waals surface area contributed by atoms with Crippen molar-refractivity contribution in [3.8, 4) is 0 Å². The highest BCUT2D eigenvalue weighted by molar-refractivity contribution is 7.11. The van der Waals surface area contributed by atoms with E-state index in [1.165, 1.54) is 17.8 Å². The largest absolute Gasteiger partial charge is 0.387 e. The minimum atomic E-state index is -0.286. The molecule has 2 rings (SSSR count). The summed E-state index contributed by atoms with van der Waals surface area (Å²) in [4.78, 5) is 5.82. The van der Waals surface area contributed by atoms with Crippen molar-refractivity contribution in [2.75, 3.05) is 0 Å². The Balaban J connectivity index is 2.20. The van der Waals surface area contributed by atoms with Gasteiger partial charge in [0.15, 0.2) is 0 Å². The highest BCUT2D eigenvalue weighted by Gasteiger charge is 2.33. The number of fused-ring (bicyclic) bond motifs is 1. The molecule has 1 N–H and O–H groups in total. The van der Waals surface area contributed by atoms with Gasteiger partial charge in [-0.05, 0) is 31.1 Å². The molecule has 0 spiro atoms. The fraction of sp³-hybridized carbons (Fsp3) is 0.769. The van der Waals surface area contributed by atoms with E-state index in [0.29, 0.717) is 0 Å². The van der Waals surface area contributed by atoms with E-state index in [4.69, 9.17) is 4.98 Å². The van der Waals surface area contributed by atoms with Gasteiger partial charge in [0.05, 0.1) is 21.7 Å². The van der Waals surface area contributed by atoms with E-state index in [2.05, 4.69) is 20.8 Å². The predicted octanol–water partition coefficient (Wildman–Crippen LogP) is 3.49. The van der Waals surface area contributed by atoms with Crippen LogP contribution in [0.3, 0.4) is 0 Å². The van der Waals surface area contributed by atoms with Gasteiger partial charge >= 0.3 is 0 Å². The standard InChI is InChI=1S/C13H21NOS/c1-4-5-6-11-14-9-7-13(2,3)8-10(15)12(9)16-11/h10,15H,4-8H2,1-3H3. The van der Waals surface area contributed by atoms with E-state index in [9.17, 15) is 5.11 Å². The third-order valence-electron chi connectivity index (χ3n) is 3.21. The van der Waals surface area contributed by atoms with E-state index < -0.39 is 0 Å². The Morgan fingerprint density at radius 2 is 2.25 bits per heavy atom. The number of hydrogen-bond donors (Lipinski definition) is 1. The number of aliphatic hydroxyl groups is 1. The van der Waals surface area contributed by atoms with Crippen LogP contribution in [-0.2, 0) is 12.8 Å². The number of aromatic nitrogens is 1. The second-order valence-corrected chi connectivity index (χ2v) is 6.70. The van der Waals surface area contributed by atoms with Gasteiger partial charge in [-0.3, -0.25) is 0 Å². The maximum Gasteiger partial charge on any atom is 0.0932 e. The molecule has 0 amide bonds. The van der Waals surface area contributed by atoms with Crippen molar-refractivity contribution >= 4 is 11.3 Å². The van der Waals surface area contributed by atoms with Crippen molar-refractivity contribution in [3.63, 3.8) is 0 Å².